The van der Waals surface area contributed by atoms with Gasteiger partial charge in [-0.1, -0.05) is 15.9 Å². The van der Waals surface area contributed by atoms with E-state index in [4.69, 9.17) is 0 Å². The van der Waals surface area contributed by atoms with Crippen LogP contribution in [0.5, 0.6) is 0 Å². The first-order valence-electron chi connectivity index (χ1n) is 4.80. The van der Waals surface area contributed by atoms with Crippen molar-refractivity contribution >= 4 is 21.6 Å². The molecule has 0 spiro atoms. The van der Waals surface area contributed by atoms with Gasteiger partial charge in [-0.05, 0) is 49.9 Å². The number of anilines is 1. The third-order valence-electron chi connectivity index (χ3n) is 2.55. The zero-order valence-corrected chi connectivity index (χ0v) is 9.39. The van der Waals surface area contributed by atoms with Crippen LogP contribution in [-0.2, 0) is 6.42 Å². The van der Waals surface area contributed by atoms with E-state index in [1.165, 1.54) is 35.0 Å². The molecule has 70 valence electrons. The number of hydrogen-bond donors (Lipinski definition) is 1. The van der Waals surface area contributed by atoms with Gasteiger partial charge < -0.3 is 5.32 Å². The molecule has 1 nitrogen and oxygen atoms in total. The quantitative estimate of drug-likeness (QED) is 0.730. The molecular formula is C11H14BrN. The lowest BCUT2D eigenvalue weighted by atomic mass is 10.1. The minimum Gasteiger partial charge on any atom is -0.382 e. The number of halogens is 1. The van der Waals surface area contributed by atoms with Gasteiger partial charge in [0.1, 0.15) is 0 Å². The summed E-state index contributed by atoms with van der Waals surface area (Å²) in [4.78, 5) is 0. The van der Waals surface area contributed by atoms with E-state index in [-0.39, 0.29) is 0 Å². The summed E-state index contributed by atoms with van der Waals surface area (Å²) >= 11 is 3.50. The van der Waals surface area contributed by atoms with Crippen LogP contribution in [0.4, 0.5) is 5.69 Å². The van der Waals surface area contributed by atoms with Gasteiger partial charge in [0.2, 0.25) is 0 Å². The summed E-state index contributed by atoms with van der Waals surface area (Å²) in [6.07, 6.45) is 3.76. The first-order chi connectivity index (χ1) is 6.25. The number of fused-ring (bicyclic) bond motifs is 1. The van der Waals surface area contributed by atoms with Gasteiger partial charge in [-0.15, -0.1) is 0 Å². The van der Waals surface area contributed by atoms with Gasteiger partial charge in [-0.25, -0.2) is 0 Å². The van der Waals surface area contributed by atoms with E-state index in [0.717, 1.165) is 0 Å². The predicted octanol–water partition coefficient (Wildman–Crippen LogP) is 3.59. The summed E-state index contributed by atoms with van der Waals surface area (Å²) in [7, 11) is 0. The lowest BCUT2D eigenvalue weighted by Gasteiger charge is -2.12. The van der Waals surface area contributed by atoms with Crippen molar-refractivity contribution in [1.29, 1.82) is 0 Å². The molecule has 1 aliphatic rings. The maximum absolute atomic E-state index is 3.53. The van der Waals surface area contributed by atoms with Crippen LogP contribution in [0, 0.1) is 0 Å². The van der Waals surface area contributed by atoms with E-state index in [2.05, 4.69) is 46.4 Å². The zero-order valence-electron chi connectivity index (χ0n) is 7.81. The Morgan fingerprint density at radius 3 is 3.15 bits per heavy atom. The van der Waals surface area contributed by atoms with Gasteiger partial charge in [0.25, 0.3) is 0 Å². The lowest BCUT2D eigenvalue weighted by Crippen LogP contribution is -2.12. The van der Waals surface area contributed by atoms with Crippen LogP contribution in [0.15, 0.2) is 22.7 Å². The molecule has 1 aromatic rings. The van der Waals surface area contributed by atoms with Crippen molar-refractivity contribution < 1.29 is 0 Å². The van der Waals surface area contributed by atoms with Crippen molar-refractivity contribution in [3.8, 4) is 0 Å². The van der Waals surface area contributed by atoms with Crippen LogP contribution in [0.1, 0.15) is 25.3 Å². The summed E-state index contributed by atoms with van der Waals surface area (Å²) in [5.74, 6) is 0. The van der Waals surface area contributed by atoms with Crippen molar-refractivity contribution in [3.63, 3.8) is 0 Å². The van der Waals surface area contributed by atoms with Crippen LogP contribution in [0.3, 0.4) is 0 Å². The average Bonchev–Trinajstić information content (AvgIpc) is 2.25. The normalized spacial score (nSPS) is 21.5. The van der Waals surface area contributed by atoms with Gasteiger partial charge in [-0.2, -0.15) is 0 Å². The topological polar surface area (TPSA) is 12.0 Å². The molecule has 2 heteroatoms. The van der Waals surface area contributed by atoms with Crippen LogP contribution in [0.25, 0.3) is 0 Å². The third-order valence-corrected chi connectivity index (χ3v) is 3.05. The molecule has 1 heterocycles. The van der Waals surface area contributed by atoms with Crippen LogP contribution in [0.2, 0.25) is 0 Å². The van der Waals surface area contributed by atoms with E-state index >= 15 is 0 Å². The number of benzene rings is 1. The monoisotopic (exact) mass is 239 g/mol. The standard InChI is InChI=1S/C11H14BrN/c1-8-3-2-4-9-7-10(12)5-6-11(9)13-8/h5-8,13H,2-4H2,1H3. The minimum absolute atomic E-state index is 0.613. The maximum atomic E-state index is 3.53. The Labute approximate surface area is 87.7 Å². The maximum Gasteiger partial charge on any atom is 0.0375 e. The van der Waals surface area contributed by atoms with Crippen LogP contribution in [-0.4, -0.2) is 6.04 Å². The molecule has 2 rings (SSSR count). The fraction of sp³-hybridized carbons (Fsp3) is 0.455. The smallest absolute Gasteiger partial charge is 0.0375 e. The molecule has 1 aliphatic heterocycles. The molecule has 1 atom stereocenters. The summed E-state index contributed by atoms with van der Waals surface area (Å²) in [5.41, 5.74) is 2.76. The van der Waals surface area contributed by atoms with Crippen molar-refractivity contribution in [1.82, 2.24) is 0 Å². The highest BCUT2D eigenvalue weighted by Crippen LogP contribution is 2.26. The van der Waals surface area contributed by atoms with Gasteiger partial charge in [0.15, 0.2) is 0 Å². The van der Waals surface area contributed by atoms with Crippen LogP contribution >= 0.6 is 15.9 Å². The largest absolute Gasteiger partial charge is 0.382 e. The fourth-order valence-electron chi connectivity index (χ4n) is 1.85. The first kappa shape index (κ1) is 9.07. The van der Waals surface area contributed by atoms with E-state index in [0.29, 0.717) is 6.04 Å². The van der Waals surface area contributed by atoms with Crippen molar-refractivity contribution in [2.24, 2.45) is 0 Å². The molecule has 0 amide bonds. The predicted molar refractivity (Wildman–Crippen MR) is 60.2 cm³/mol. The summed E-state index contributed by atoms with van der Waals surface area (Å²) in [6, 6.07) is 7.10. The van der Waals surface area contributed by atoms with Crippen LogP contribution < -0.4 is 5.32 Å². The van der Waals surface area contributed by atoms with E-state index in [1.54, 1.807) is 0 Å². The summed E-state index contributed by atoms with van der Waals surface area (Å²) in [5, 5.41) is 3.53. The number of nitrogens with one attached hydrogen (secondary N) is 1. The number of hydrogen-bond acceptors (Lipinski definition) is 1. The molecule has 0 saturated carbocycles. The lowest BCUT2D eigenvalue weighted by molar-refractivity contribution is 0.674. The molecule has 13 heavy (non-hydrogen) atoms. The molecule has 0 radical (unpaired) electrons. The SMILES string of the molecule is CC1CCCc2cc(Br)ccc2N1. The molecule has 0 aliphatic carbocycles. The van der Waals surface area contributed by atoms with Gasteiger partial charge in [-0.3, -0.25) is 0 Å². The molecule has 1 N–H and O–H groups in total. The second-order valence-electron chi connectivity index (χ2n) is 3.74. The Morgan fingerprint density at radius 1 is 1.46 bits per heavy atom. The molecule has 0 fully saturated rings. The summed E-state index contributed by atoms with van der Waals surface area (Å²) < 4.78 is 1.18. The molecule has 1 unspecified atom stereocenters. The Balaban J connectivity index is 2.34. The Kier molecular flexibility index (Phi) is 2.58. The number of rotatable bonds is 0. The van der Waals surface area contributed by atoms with Gasteiger partial charge >= 0.3 is 0 Å². The second kappa shape index (κ2) is 3.70. The highest BCUT2D eigenvalue weighted by atomic mass is 79.9. The highest BCUT2D eigenvalue weighted by Gasteiger charge is 2.11. The van der Waals surface area contributed by atoms with E-state index < -0.39 is 0 Å². The van der Waals surface area contributed by atoms with Crippen molar-refractivity contribution in [2.75, 3.05) is 5.32 Å². The van der Waals surface area contributed by atoms with Crippen molar-refractivity contribution in [2.45, 2.75) is 32.2 Å². The van der Waals surface area contributed by atoms with E-state index in [9.17, 15) is 0 Å². The third kappa shape index (κ3) is 2.05. The second-order valence-corrected chi connectivity index (χ2v) is 4.65. The molecule has 0 aromatic heterocycles. The first-order valence-corrected chi connectivity index (χ1v) is 5.60. The Bertz CT molecular complexity index is 309. The fourth-order valence-corrected chi connectivity index (χ4v) is 2.25. The number of aryl methyl sites for hydroxylation is 1. The average molecular weight is 240 g/mol. The molecular weight excluding hydrogens is 226 g/mol. The molecule has 1 aromatic carbocycles. The Hall–Kier alpha value is -0.500. The highest BCUT2D eigenvalue weighted by molar-refractivity contribution is 9.10. The molecule has 0 saturated heterocycles. The van der Waals surface area contributed by atoms with Gasteiger partial charge in [0.05, 0.1) is 0 Å². The van der Waals surface area contributed by atoms with Crippen molar-refractivity contribution in [3.05, 3.63) is 28.2 Å². The zero-order chi connectivity index (χ0) is 9.26. The molecule has 0 bridgehead atoms. The summed E-state index contributed by atoms with van der Waals surface area (Å²) in [6.45, 7) is 2.25. The van der Waals surface area contributed by atoms with Gasteiger partial charge in [0, 0.05) is 16.2 Å². The van der Waals surface area contributed by atoms with E-state index in [1.807, 2.05) is 0 Å². The Morgan fingerprint density at radius 2 is 2.31 bits per heavy atom. The minimum atomic E-state index is 0.613.